The Bertz CT molecular complexity index is 724. The van der Waals surface area contributed by atoms with Gasteiger partial charge in [0.1, 0.15) is 5.82 Å². The van der Waals surface area contributed by atoms with E-state index >= 15 is 0 Å². The van der Waals surface area contributed by atoms with Crippen molar-refractivity contribution in [1.29, 1.82) is 0 Å². The van der Waals surface area contributed by atoms with Crippen LogP contribution in [0.5, 0.6) is 5.75 Å². The van der Waals surface area contributed by atoms with Crippen LogP contribution in [0.3, 0.4) is 0 Å². The van der Waals surface area contributed by atoms with Crippen molar-refractivity contribution in [2.45, 2.75) is 19.3 Å². The van der Waals surface area contributed by atoms with Crippen molar-refractivity contribution in [1.82, 2.24) is 14.6 Å². The number of aromatic nitrogens is 3. The lowest BCUT2D eigenvalue weighted by molar-refractivity contribution is 0.416. The van der Waals surface area contributed by atoms with Gasteiger partial charge in [-0.3, -0.25) is 4.40 Å². The minimum absolute atomic E-state index is 0.132. The molecule has 0 aromatic carbocycles. The fourth-order valence-electron chi connectivity index (χ4n) is 2.77. The molecule has 0 amide bonds. The second kappa shape index (κ2) is 5.05. The largest absolute Gasteiger partial charge is 0.493 e. The summed E-state index contributed by atoms with van der Waals surface area (Å²) in [6, 6.07) is 3.70. The molecule has 20 heavy (non-hydrogen) atoms. The number of hydrogen-bond acceptors (Lipinski definition) is 5. The molecule has 0 N–H and O–H groups in total. The quantitative estimate of drug-likeness (QED) is 0.848. The Kier molecular flexibility index (Phi) is 3.37. The molecule has 1 saturated heterocycles. The Morgan fingerprint density at radius 2 is 2.30 bits per heavy atom. The van der Waals surface area contributed by atoms with Crippen molar-refractivity contribution < 1.29 is 13.2 Å². The molecular formula is C13H17N3O3S. The molecule has 1 aliphatic heterocycles. The third-order valence-electron chi connectivity index (χ3n) is 3.72. The first kappa shape index (κ1) is 13.4. The lowest BCUT2D eigenvalue weighted by Gasteiger charge is -2.20. The van der Waals surface area contributed by atoms with Crippen LogP contribution < -0.4 is 4.74 Å². The Hall–Kier alpha value is -1.63. The highest BCUT2D eigenvalue weighted by Crippen LogP contribution is 2.23. The van der Waals surface area contributed by atoms with Crippen LogP contribution in [-0.2, 0) is 16.3 Å². The van der Waals surface area contributed by atoms with E-state index in [9.17, 15) is 8.42 Å². The summed E-state index contributed by atoms with van der Waals surface area (Å²) in [6.07, 6.45) is 4.18. The minimum atomic E-state index is -2.88. The van der Waals surface area contributed by atoms with Crippen LogP contribution >= 0.6 is 0 Å². The van der Waals surface area contributed by atoms with Gasteiger partial charge in [0.05, 0.1) is 18.6 Å². The molecule has 0 bridgehead atoms. The highest BCUT2D eigenvalue weighted by atomic mass is 32.2. The van der Waals surface area contributed by atoms with Gasteiger partial charge in [-0.25, -0.2) is 8.42 Å². The van der Waals surface area contributed by atoms with E-state index in [1.165, 1.54) is 0 Å². The van der Waals surface area contributed by atoms with E-state index in [1.807, 2.05) is 22.7 Å². The zero-order chi connectivity index (χ0) is 14.2. The number of nitrogens with zero attached hydrogens (tertiary/aromatic N) is 3. The van der Waals surface area contributed by atoms with E-state index in [4.69, 9.17) is 4.74 Å². The average molecular weight is 295 g/mol. The second-order valence-corrected chi connectivity index (χ2v) is 7.44. The fraction of sp³-hybridized carbons (Fsp3) is 0.538. The van der Waals surface area contributed by atoms with Crippen molar-refractivity contribution in [2.24, 2.45) is 5.92 Å². The molecule has 1 atom stereocenters. The zero-order valence-corrected chi connectivity index (χ0v) is 12.1. The first-order valence-electron chi connectivity index (χ1n) is 6.66. The third kappa shape index (κ3) is 2.49. The van der Waals surface area contributed by atoms with Crippen LogP contribution in [0.4, 0.5) is 0 Å². The molecule has 3 rings (SSSR count). The molecule has 0 radical (unpaired) electrons. The molecule has 0 saturated carbocycles. The van der Waals surface area contributed by atoms with E-state index in [0.717, 1.165) is 18.7 Å². The van der Waals surface area contributed by atoms with E-state index in [2.05, 4.69) is 10.2 Å². The number of pyridine rings is 1. The molecule has 0 spiro atoms. The Morgan fingerprint density at radius 1 is 1.45 bits per heavy atom. The van der Waals surface area contributed by atoms with Gasteiger partial charge >= 0.3 is 0 Å². The molecule has 3 heterocycles. The molecule has 6 nitrogen and oxygen atoms in total. The molecule has 2 aromatic rings. The predicted octanol–water partition coefficient (Wildman–Crippen LogP) is 1.11. The van der Waals surface area contributed by atoms with Gasteiger partial charge in [-0.1, -0.05) is 0 Å². The van der Waals surface area contributed by atoms with E-state index < -0.39 is 9.84 Å². The summed E-state index contributed by atoms with van der Waals surface area (Å²) in [4.78, 5) is 0. The van der Waals surface area contributed by atoms with Crippen LogP contribution in [-0.4, -0.2) is 41.6 Å². The lowest BCUT2D eigenvalue weighted by atomic mass is 10.0. The van der Waals surface area contributed by atoms with E-state index in [1.54, 1.807) is 7.11 Å². The van der Waals surface area contributed by atoms with E-state index in [-0.39, 0.29) is 11.7 Å². The number of methoxy groups -OCH3 is 1. The lowest BCUT2D eigenvalue weighted by Crippen LogP contribution is -2.27. The maximum Gasteiger partial charge on any atom is 0.203 e. The first-order valence-corrected chi connectivity index (χ1v) is 8.48. The second-order valence-electron chi connectivity index (χ2n) is 5.21. The van der Waals surface area contributed by atoms with Crippen LogP contribution in [0.1, 0.15) is 18.7 Å². The normalized spacial score (nSPS) is 21.9. The zero-order valence-electron chi connectivity index (χ0n) is 11.3. The van der Waals surface area contributed by atoms with Crippen molar-refractivity contribution >= 4 is 15.5 Å². The molecule has 2 aromatic heterocycles. The van der Waals surface area contributed by atoms with Gasteiger partial charge in [0, 0.05) is 12.6 Å². The molecular weight excluding hydrogens is 278 g/mol. The molecule has 108 valence electrons. The van der Waals surface area contributed by atoms with Crippen LogP contribution in [0.15, 0.2) is 18.3 Å². The van der Waals surface area contributed by atoms with Gasteiger partial charge in [0.15, 0.2) is 15.6 Å². The van der Waals surface area contributed by atoms with Crippen LogP contribution in [0, 0.1) is 5.92 Å². The van der Waals surface area contributed by atoms with Crippen molar-refractivity contribution in [3.05, 3.63) is 24.2 Å². The summed E-state index contributed by atoms with van der Waals surface area (Å²) in [5, 5.41) is 8.31. The maximum absolute atomic E-state index is 11.7. The number of fused-ring (bicyclic) bond motifs is 1. The average Bonchev–Trinajstić information content (AvgIpc) is 2.81. The molecule has 1 unspecified atom stereocenters. The fourth-order valence-corrected chi connectivity index (χ4v) is 4.55. The van der Waals surface area contributed by atoms with Gasteiger partial charge in [0.25, 0.3) is 0 Å². The van der Waals surface area contributed by atoms with Crippen molar-refractivity contribution in [2.75, 3.05) is 18.6 Å². The highest BCUT2D eigenvalue weighted by molar-refractivity contribution is 7.91. The topological polar surface area (TPSA) is 73.6 Å². The highest BCUT2D eigenvalue weighted by Gasteiger charge is 2.26. The summed E-state index contributed by atoms with van der Waals surface area (Å²) >= 11 is 0. The number of hydrogen-bond donors (Lipinski definition) is 0. The standard InChI is InChI=1S/C13H17N3O3S/c1-19-11-5-2-6-16-12(14-15-13(11)16)8-10-4-3-7-20(17,18)9-10/h2,5-6,10H,3-4,7-9H2,1H3. The summed E-state index contributed by atoms with van der Waals surface area (Å²) in [5.41, 5.74) is 0.670. The Balaban J connectivity index is 1.88. The molecule has 1 fully saturated rings. The van der Waals surface area contributed by atoms with Gasteiger partial charge in [-0.15, -0.1) is 10.2 Å². The minimum Gasteiger partial charge on any atom is -0.493 e. The van der Waals surface area contributed by atoms with E-state index in [0.29, 0.717) is 23.6 Å². The van der Waals surface area contributed by atoms with Gasteiger partial charge in [-0.05, 0) is 30.9 Å². The third-order valence-corrected chi connectivity index (χ3v) is 5.61. The van der Waals surface area contributed by atoms with Crippen molar-refractivity contribution in [3.8, 4) is 5.75 Å². The summed E-state index contributed by atoms with van der Waals surface area (Å²) in [5.74, 6) is 2.17. The molecule has 7 heteroatoms. The van der Waals surface area contributed by atoms with Crippen molar-refractivity contribution in [3.63, 3.8) is 0 Å². The number of ether oxygens (including phenoxy) is 1. The smallest absolute Gasteiger partial charge is 0.203 e. The van der Waals surface area contributed by atoms with Gasteiger partial charge < -0.3 is 4.74 Å². The Labute approximate surface area is 117 Å². The SMILES string of the molecule is COc1cccn2c(CC3CCCS(=O)(=O)C3)nnc12. The number of rotatable bonds is 3. The summed E-state index contributed by atoms with van der Waals surface area (Å²) < 4.78 is 30.5. The van der Waals surface area contributed by atoms with Crippen LogP contribution in [0.2, 0.25) is 0 Å². The summed E-state index contributed by atoms with van der Waals surface area (Å²) in [6.45, 7) is 0. The van der Waals surface area contributed by atoms with Gasteiger partial charge in [-0.2, -0.15) is 0 Å². The van der Waals surface area contributed by atoms with Gasteiger partial charge in [0.2, 0.25) is 5.65 Å². The number of sulfone groups is 1. The Morgan fingerprint density at radius 3 is 3.05 bits per heavy atom. The molecule has 1 aliphatic rings. The first-order chi connectivity index (χ1) is 9.59. The summed E-state index contributed by atoms with van der Waals surface area (Å²) in [7, 11) is -1.29. The molecule has 0 aliphatic carbocycles. The maximum atomic E-state index is 11.7. The van der Waals surface area contributed by atoms with Crippen LogP contribution in [0.25, 0.3) is 5.65 Å². The monoisotopic (exact) mass is 295 g/mol. The predicted molar refractivity (Wildman–Crippen MR) is 74.6 cm³/mol.